The second-order valence-corrected chi connectivity index (χ2v) is 4.35. The van der Waals surface area contributed by atoms with Gasteiger partial charge in [-0.2, -0.15) is 0 Å². The van der Waals surface area contributed by atoms with Crippen LogP contribution in [-0.2, 0) is 9.59 Å². The summed E-state index contributed by atoms with van der Waals surface area (Å²) < 4.78 is 0. The van der Waals surface area contributed by atoms with Gasteiger partial charge in [-0.15, -0.1) is 0 Å². The van der Waals surface area contributed by atoms with Crippen LogP contribution in [0.1, 0.15) is 33.7 Å². The molecule has 2 aliphatic rings. The van der Waals surface area contributed by atoms with Gasteiger partial charge in [-0.3, -0.25) is 34.4 Å². The van der Waals surface area contributed by atoms with Gasteiger partial charge in [0.15, 0.2) is 0 Å². The Balaban J connectivity index is 1.96. The van der Waals surface area contributed by atoms with Crippen LogP contribution in [0.15, 0.2) is 18.3 Å². The summed E-state index contributed by atoms with van der Waals surface area (Å²) in [5.41, 5.74) is 0.245. The molecule has 1 aromatic heterocycles. The van der Waals surface area contributed by atoms with Crippen LogP contribution in [0.3, 0.4) is 0 Å². The van der Waals surface area contributed by atoms with Gasteiger partial charge in [0, 0.05) is 12.6 Å². The van der Waals surface area contributed by atoms with Gasteiger partial charge in [0.05, 0.1) is 5.56 Å². The Labute approximate surface area is 107 Å². The molecule has 0 radical (unpaired) electrons. The molecule has 19 heavy (non-hydrogen) atoms. The molecular weight excluding hydrogens is 250 g/mol. The quantitative estimate of drug-likeness (QED) is 0.685. The van der Waals surface area contributed by atoms with Crippen molar-refractivity contribution in [1.29, 1.82) is 0 Å². The third-order valence-corrected chi connectivity index (χ3v) is 3.20. The maximum atomic E-state index is 12.1. The van der Waals surface area contributed by atoms with Crippen LogP contribution in [0.5, 0.6) is 0 Å². The molecule has 2 aliphatic heterocycles. The predicted molar refractivity (Wildman–Crippen MR) is 60.9 cm³/mol. The lowest BCUT2D eigenvalue weighted by atomic mass is 10.0. The topological polar surface area (TPSA) is 96.4 Å². The first kappa shape index (κ1) is 11.5. The number of carbonyl (C=O) groups excluding carboxylic acids is 4. The molecule has 1 fully saturated rings. The van der Waals surface area contributed by atoms with Crippen LogP contribution in [0.25, 0.3) is 0 Å². The van der Waals surface area contributed by atoms with Crippen molar-refractivity contribution in [3.8, 4) is 0 Å². The van der Waals surface area contributed by atoms with Crippen LogP contribution in [0.2, 0.25) is 0 Å². The number of imide groups is 2. The average Bonchev–Trinajstić information content (AvgIpc) is 2.64. The Hall–Kier alpha value is -2.57. The largest absolute Gasteiger partial charge is 0.295 e. The van der Waals surface area contributed by atoms with Gasteiger partial charge in [-0.05, 0) is 18.6 Å². The first-order valence-corrected chi connectivity index (χ1v) is 5.76. The van der Waals surface area contributed by atoms with E-state index < -0.39 is 29.7 Å². The van der Waals surface area contributed by atoms with Crippen LogP contribution in [0.4, 0.5) is 0 Å². The van der Waals surface area contributed by atoms with E-state index in [4.69, 9.17) is 0 Å². The van der Waals surface area contributed by atoms with Crippen molar-refractivity contribution in [1.82, 2.24) is 15.2 Å². The SMILES string of the molecule is O=C1CCC(N2C(=O)c3cccnc3C2=O)C(=O)N1. The van der Waals surface area contributed by atoms with Gasteiger partial charge >= 0.3 is 0 Å². The van der Waals surface area contributed by atoms with Crippen LogP contribution in [0, 0.1) is 0 Å². The predicted octanol–water partition coefficient (Wildman–Crippen LogP) is -0.517. The number of hydrogen-bond acceptors (Lipinski definition) is 5. The molecule has 4 amide bonds. The molecule has 0 bridgehead atoms. The fourth-order valence-corrected chi connectivity index (χ4v) is 2.30. The van der Waals surface area contributed by atoms with Gasteiger partial charge < -0.3 is 0 Å². The van der Waals surface area contributed by atoms with Crippen LogP contribution < -0.4 is 5.32 Å². The molecule has 96 valence electrons. The first-order chi connectivity index (χ1) is 9.09. The number of fused-ring (bicyclic) bond motifs is 1. The second-order valence-electron chi connectivity index (χ2n) is 4.35. The van der Waals surface area contributed by atoms with E-state index in [2.05, 4.69) is 10.3 Å². The minimum absolute atomic E-state index is 0.0530. The van der Waals surface area contributed by atoms with E-state index in [1.165, 1.54) is 12.3 Å². The molecule has 7 nitrogen and oxygen atoms in total. The zero-order valence-corrected chi connectivity index (χ0v) is 9.75. The lowest BCUT2D eigenvalue weighted by molar-refractivity contribution is -0.136. The number of nitrogens with one attached hydrogen (secondary N) is 1. The number of hydrogen-bond donors (Lipinski definition) is 1. The summed E-state index contributed by atoms with van der Waals surface area (Å²) >= 11 is 0. The molecule has 1 N–H and O–H groups in total. The van der Waals surface area contributed by atoms with E-state index in [9.17, 15) is 19.2 Å². The Morgan fingerprint density at radius 3 is 2.68 bits per heavy atom. The molecule has 0 aliphatic carbocycles. The van der Waals surface area contributed by atoms with E-state index in [0.717, 1.165) is 4.90 Å². The number of aromatic nitrogens is 1. The molecule has 0 aromatic carbocycles. The van der Waals surface area contributed by atoms with Crippen molar-refractivity contribution in [2.75, 3.05) is 0 Å². The lowest BCUT2D eigenvalue weighted by Gasteiger charge is -2.27. The average molecular weight is 259 g/mol. The highest BCUT2D eigenvalue weighted by Crippen LogP contribution is 2.25. The molecule has 0 spiro atoms. The minimum Gasteiger partial charge on any atom is -0.295 e. The van der Waals surface area contributed by atoms with E-state index in [1.807, 2.05) is 0 Å². The summed E-state index contributed by atoms with van der Waals surface area (Å²) in [5.74, 6) is -2.14. The molecule has 3 heterocycles. The maximum Gasteiger partial charge on any atom is 0.280 e. The Morgan fingerprint density at radius 1 is 1.21 bits per heavy atom. The van der Waals surface area contributed by atoms with Crippen molar-refractivity contribution in [3.05, 3.63) is 29.6 Å². The van der Waals surface area contributed by atoms with E-state index in [0.29, 0.717) is 0 Å². The normalized spacial score (nSPS) is 22.5. The Bertz CT molecular complexity index is 590. The first-order valence-electron chi connectivity index (χ1n) is 5.76. The molecule has 1 aromatic rings. The molecule has 1 unspecified atom stereocenters. The fourth-order valence-electron chi connectivity index (χ4n) is 2.30. The molecule has 7 heteroatoms. The zero-order chi connectivity index (χ0) is 13.6. The van der Waals surface area contributed by atoms with Gasteiger partial charge in [0.1, 0.15) is 11.7 Å². The summed E-state index contributed by atoms with van der Waals surface area (Å²) in [6.45, 7) is 0. The van der Waals surface area contributed by atoms with Gasteiger partial charge in [-0.1, -0.05) is 0 Å². The fraction of sp³-hybridized carbons (Fsp3) is 0.250. The van der Waals surface area contributed by atoms with Crippen LogP contribution in [-0.4, -0.2) is 39.6 Å². The Kier molecular flexibility index (Phi) is 2.41. The standard InChI is InChI=1S/C12H9N3O4/c16-8-4-3-7(10(17)14-8)15-11(18)6-2-1-5-13-9(6)12(15)19/h1-2,5,7H,3-4H2,(H,14,16,17). The third-order valence-electron chi connectivity index (χ3n) is 3.20. The Morgan fingerprint density at radius 2 is 2.00 bits per heavy atom. The maximum absolute atomic E-state index is 12.1. The number of rotatable bonds is 1. The summed E-state index contributed by atoms with van der Waals surface area (Å²) in [5, 5.41) is 2.13. The highest BCUT2D eigenvalue weighted by Gasteiger charge is 2.45. The second kappa shape index (κ2) is 3.98. The number of carbonyl (C=O) groups is 4. The molecule has 1 atom stereocenters. The van der Waals surface area contributed by atoms with Gasteiger partial charge in [-0.25, -0.2) is 0 Å². The van der Waals surface area contributed by atoms with Gasteiger partial charge in [0.2, 0.25) is 11.8 Å². The van der Waals surface area contributed by atoms with Crippen molar-refractivity contribution >= 4 is 23.6 Å². The lowest BCUT2D eigenvalue weighted by Crippen LogP contribution is -2.54. The van der Waals surface area contributed by atoms with E-state index in [-0.39, 0.29) is 24.1 Å². The smallest absolute Gasteiger partial charge is 0.280 e. The van der Waals surface area contributed by atoms with E-state index >= 15 is 0 Å². The van der Waals surface area contributed by atoms with Crippen molar-refractivity contribution in [2.24, 2.45) is 0 Å². The minimum atomic E-state index is -0.938. The highest BCUT2D eigenvalue weighted by molar-refractivity contribution is 6.22. The monoisotopic (exact) mass is 259 g/mol. The summed E-state index contributed by atoms with van der Waals surface area (Å²) in [7, 11) is 0. The molecule has 3 rings (SSSR count). The highest BCUT2D eigenvalue weighted by atomic mass is 16.2. The van der Waals surface area contributed by atoms with E-state index in [1.54, 1.807) is 6.07 Å². The summed E-state index contributed by atoms with van der Waals surface area (Å²) in [4.78, 5) is 51.8. The summed E-state index contributed by atoms with van der Waals surface area (Å²) in [6.07, 6.45) is 1.67. The number of amides is 4. The van der Waals surface area contributed by atoms with Gasteiger partial charge in [0.25, 0.3) is 11.8 Å². The summed E-state index contributed by atoms with van der Waals surface area (Å²) in [6, 6.07) is 2.11. The van der Waals surface area contributed by atoms with Crippen molar-refractivity contribution in [3.63, 3.8) is 0 Å². The molecule has 0 saturated carbocycles. The zero-order valence-electron chi connectivity index (χ0n) is 9.75. The number of pyridine rings is 1. The van der Waals surface area contributed by atoms with Crippen molar-refractivity contribution in [2.45, 2.75) is 18.9 Å². The third kappa shape index (κ3) is 1.62. The van der Waals surface area contributed by atoms with Crippen molar-refractivity contribution < 1.29 is 19.2 Å². The molecule has 1 saturated heterocycles. The number of piperidine rings is 1. The van der Waals surface area contributed by atoms with Crippen LogP contribution >= 0.6 is 0 Å². The molecular formula is C12H9N3O4. The number of nitrogens with zero attached hydrogens (tertiary/aromatic N) is 2.